The van der Waals surface area contributed by atoms with Gasteiger partial charge in [-0.25, -0.2) is 4.98 Å². The third kappa shape index (κ3) is 3.42. The lowest BCUT2D eigenvalue weighted by Crippen LogP contribution is -2.13. The largest absolute Gasteiger partial charge is 0.439 e. The van der Waals surface area contributed by atoms with Crippen LogP contribution >= 0.6 is 0 Å². The summed E-state index contributed by atoms with van der Waals surface area (Å²) >= 11 is 0. The van der Waals surface area contributed by atoms with E-state index in [1.54, 1.807) is 6.20 Å². The van der Waals surface area contributed by atoms with Gasteiger partial charge in [-0.05, 0) is 31.5 Å². The van der Waals surface area contributed by atoms with Crippen LogP contribution in [0.5, 0.6) is 0 Å². The topological polar surface area (TPSA) is 81.2 Å². The molecule has 0 aliphatic rings. The van der Waals surface area contributed by atoms with Crippen LogP contribution in [0.4, 0.5) is 5.69 Å². The zero-order valence-electron chi connectivity index (χ0n) is 11.5. The fourth-order valence-corrected chi connectivity index (χ4v) is 1.91. The summed E-state index contributed by atoms with van der Waals surface area (Å²) in [5.74, 6) is 1.13. The van der Waals surface area contributed by atoms with Crippen molar-refractivity contribution in [3.63, 3.8) is 0 Å². The van der Waals surface area contributed by atoms with Crippen LogP contribution in [-0.4, -0.2) is 16.5 Å². The highest BCUT2D eigenvalue weighted by Crippen LogP contribution is 2.26. The number of nitro groups is 1. The van der Waals surface area contributed by atoms with Crippen molar-refractivity contribution in [2.45, 2.75) is 26.8 Å². The van der Waals surface area contributed by atoms with Crippen LogP contribution in [0.15, 0.2) is 28.8 Å². The zero-order chi connectivity index (χ0) is 14.5. The van der Waals surface area contributed by atoms with Gasteiger partial charge in [-0.1, -0.05) is 6.92 Å². The maximum atomic E-state index is 10.9. The van der Waals surface area contributed by atoms with Gasteiger partial charge in [0.15, 0.2) is 5.76 Å². The van der Waals surface area contributed by atoms with Crippen LogP contribution in [0.3, 0.4) is 0 Å². The molecule has 0 bridgehead atoms. The smallest absolute Gasteiger partial charge is 0.270 e. The normalized spacial score (nSPS) is 10.7. The number of rotatable bonds is 6. The Morgan fingerprint density at radius 3 is 2.90 bits per heavy atom. The van der Waals surface area contributed by atoms with Crippen molar-refractivity contribution in [3.8, 4) is 11.3 Å². The van der Waals surface area contributed by atoms with Crippen LogP contribution in [0, 0.1) is 17.0 Å². The van der Waals surface area contributed by atoms with E-state index < -0.39 is 4.92 Å². The van der Waals surface area contributed by atoms with E-state index in [1.165, 1.54) is 12.1 Å². The molecule has 0 amide bonds. The van der Waals surface area contributed by atoms with Gasteiger partial charge < -0.3 is 9.73 Å². The Kier molecular flexibility index (Phi) is 4.47. The molecule has 20 heavy (non-hydrogen) atoms. The number of oxazole rings is 1. The highest BCUT2D eigenvalue weighted by Gasteiger charge is 2.12. The molecule has 0 saturated heterocycles. The van der Waals surface area contributed by atoms with Gasteiger partial charge in [0.2, 0.25) is 5.89 Å². The first-order chi connectivity index (χ1) is 9.60. The third-order valence-electron chi connectivity index (χ3n) is 2.81. The molecule has 0 saturated carbocycles. The summed E-state index contributed by atoms with van der Waals surface area (Å²) in [5, 5.41) is 14.1. The summed E-state index contributed by atoms with van der Waals surface area (Å²) in [4.78, 5) is 14.6. The Morgan fingerprint density at radius 2 is 2.20 bits per heavy atom. The maximum Gasteiger partial charge on any atom is 0.270 e. The van der Waals surface area contributed by atoms with E-state index in [-0.39, 0.29) is 5.69 Å². The molecule has 0 aliphatic carbocycles. The molecule has 0 atom stereocenters. The van der Waals surface area contributed by atoms with Gasteiger partial charge in [0.25, 0.3) is 5.69 Å². The molecule has 1 N–H and O–H groups in total. The number of aryl methyl sites for hydroxylation is 1. The Labute approximate surface area is 117 Å². The average Bonchev–Trinajstić information content (AvgIpc) is 2.87. The van der Waals surface area contributed by atoms with Gasteiger partial charge in [-0.3, -0.25) is 10.1 Å². The van der Waals surface area contributed by atoms with Gasteiger partial charge in [-0.2, -0.15) is 0 Å². The number of nitrogens with one attached hydrogen (secondary N) is 1. The number of non-ortho nitro benzene ring substituents is 1. The van der Waals surface area contributed by atoms with Crippen LogP contribution in [0.25, 0.3) is 11.3 Å². The van der Waals surface area contributed by atoms with E-state index in [1.807, 2.05) is 13.0 Å². The molecule has 1 heterocycles. The average molecular weight is 275 g/mol. The zero-order valence-corrected chi connectivity index (χ0v) is 11.5. The van der Waals surface area contributed by atoms with E-state index >= 15 is 0 Å². The highest BCUT2D eigenvalue weighted by atomic mass is 16.6. The van der Waals surface area contributed by atoms with E-state index in [9.17, 15) is 10.1 Å². The van der Waals surface area contributed by atoms with Crippen LogP contribution < -0.4 is 5.32 Å². The molecular weight excluding hydrogens is 258 g/mol. The van der Waals surface area contributed by atoms with Crippen molar-refractivity contribution in [2.75, 3.05) is 6.54 Å². The molecule has 6 nitrogen and oxygen atoms in total. The van der Waals surface area contributed by atoms with Gasteiger partial charge >= 0.3 is 0 Å². The minimum Gasteiger partial charge on any atom is -0.439 e. The number of aromatic nitrogens is 1. The fourth-order valence-electron chi connectivity index (χ4n) is 1.91. The van der Waals surface area contributed by atoms with Crippen molar-refractivity contribution < 1.29 is 9.34 Å². The summed E-state index contributed by atoms with van der Waals surface area (Å²) in [5.41, 5.74) is 1.55. The van der Waals surface area contributed by atoms with Crippen LogP contribution in [-0.2, 0) is 6.54 Å². The molecule has 6 heteroatoms. The molecular formula is C14H17N3O3. The number of nitro benzene ring substituents is 1. The summed E-state index contributed by atoms with van der Waals surface area (Å²) in [7, 11) is 0. The molecule has 1 aromatic heterocycles. The van der Waals surface area contributed by atoms with E-state index in [0.29, 0.717) is 23.8 Å². The van der Waals surface area contributed by atoms with E-state index in [2.05, 4.69) is 17.2 Å². The molecule has 0 aliphatic heterocycles. The minimum absolute atomic E-state index is 0.0575. The highest BCUT2D eigenvalue weighted by molar-refractivity contribution is 5.61. The predicted molar refractivity (Wildman–Crippen MR) is 75.3 cm³/mol. The first-order valence-electron chi connectivity index (χ1n) is 6.52. The van der Waals surface area contributed by atoms with Gasteiger partial charge in [-0.15, -0.1) is 0 Å². The molecule has 1 aromatic carbocycles. The van der Waals surface area contributed by atoms with E-state index in [0.717, 1.165) is 18.5 Å². The quantitative estimate of drug-likeness (QED) is 0.498. The Morgan fingerprint density at radius 1 is 1.40 bits per heavy atom. The third-order valence-corrected chi connectivity index (χ3v) is 2.81. The van der Waals surface area contributed by atoms with Gasteiger partial charge in [0.05, 0.1) is 17.7 Å². The lowest BCUT2D eigenvalue weighted by atomic mass is 10.1. The van der Waals surface area contributed by atoms with E-state index in [4.69, 9.17) is 4.42 Å². The molecule has 0 unspecified atom stereocenters. The second kappa shape index (κ2) is 6.29. The monoisotopic (exact) mass is 275 g/mol. The lowest BCUT2D eigenvalue weighted by molar-refractivity contribution is -0.384. The van der Waals surface area contributed by atoms with Gasteiger partial charge in [0.1, 0.15) is 0 Å². The van der Waals surface area contributed by atoms with Crippen molar-refractivity contribution in [3.05, 3.63) is 46.0 Å². The second-order valence-electron chi connectivity index (χ2n) is 4.61. The summed E-state index contributed by atoms with van der Waals surface area (Å²) < 4.78 is 5.61. The number of hydrogen-bond acceptors (Lipinski definition) is 5. The molecule has 106 valence electrons. The predicted octanol–water partition coefficient (Wildman–Crippen LogP) is 3.06. The maximum absolute atomic E-state index is 10.9. The molecule has 0 fully saturated rings. The fraction of sp³-hybridized carbons (Fsp3) is 0.357. The van der Waals surface area contributed by atoms with Crippen LogP contribution in [0.2, 0.25) is 0 Å². The Balaban J connectivity index is 2.21. The summed E-state index contributed by atoms with van der Waals surface area (Å²) in [6.07, 6.45) is 2.64. The SMILES string of the molecule is CCCNCc1ncc(-c2cc(C)cc([N+](=O)[O-])c2)o1. The molecule has 2 rings (SSSR count). The number of benzene rings is 1. The molecule has 0 spiro atoms. The molecule has 0 radical (unpaired) electrons. The van der Waals surface area contributed by atoms with Crippen molar-refractivity contribution in [1.29, 1.82) is 0 Å². The number of nitrogens with zero attached hydrogens (tertiary/aromatic N) is 2. The second-order valence-corrected chi connectivity index (χ2v) is 4.61. The lowest BCUT2D eigenvalue weighted by Gasteiger charge is -2.00. The summed E-state index contributed by atoms with van der Waals surface area (Å²) in [6, 6.07) is 4.87. The van der Waals surface area contributed by atoms with Crippen molar-refractivity contribution in [2.24, 2.45) is 0 Å². The first-order valence-corrected chi connectivity index (χ1v) is 6.52. The van der Waals surface area contributed by atoms with Gasteiger partial charge in [0, 0.05) is 17.7 Å². The Bertz CT molecular complexity index is 607. The standard InChI is InChI=1S/C14H17N3O3/c1-3-4-15-9-14-16-8-13(20-14)11-5-10(2)6-12(7-11)17(18)19/h5-8,15H,3-4,9H2,1-2H3. The number of hydrogen-bond donors (Lipinski definition) is 1. The summed E-state index contributed by atoms with van der Waals surface area (Å²) in [6.45, 7) is 5.35. The van der Waals surface area contributed by atoms with Crippen molar-refractivity contribution in [1.82, 2.24) is 10.3 Å². The molecule has 2 aromatic rings. The Hall–Kier alpha value is -2.21. The van der Waals surface area contributed by atoms with Crippen LogP contribution in [0.1, 0.15) is 24.8 Å². The first kappa shape index (κ1) is 14.2. The van der Waals surface area contributed by atoms with Crippen molar-refractivity contribution >= 4 is 5.69 Å². The minimum atomic E-state index is -0.406.